The van der Waals surface area contributed by atoms with E-state index < -0.39 is 0 Å². The molecule has 2 aromatic heterocycles. The highest BCUT2D eigenvalue weighted by Crippen LogP contribution is 2.19. The maximum Gasteiger partial charge on any atom is 0.123 e. The monoisotopic (exact) mass is 231 g/mol. The van der Waals surface area contributed by atoms with Gasteiger partial charge in [-0.2, -0.15) is 0 Å². The summed E-state index contributed by atoms with van der Waals surface area (Å²) in [5, 5.41) is 3.43. The largest absolute Gasteiger partial charge is 0.472 e. The number of nitrogen functional groups attached to an aromatic ring is 1. The molecule has 2 rings (SSSR count). The number of hydrogen-bond acceptors (Lipinski definition) is 4. The first-order chi connectivity index (χ1) is 8.29. The van der Waals surface area contributed by atoms with Crippen LogP contribution in [-0.4, -0.2) is 11.5 Å². The summed E-state index contributed by atoms with van der Waals surface area (Å²) in [6, 6.07) is 6.13. The van der Waals surface area contributed by atoms with Crippen molar-refractivity contribution in [1.82, 2.24) is 10.3 Å². The van der Waals surface area contributed by atoms with E-state index in [2.05, 4.69) is 17.2 Å². The van der Waals surface area contributed by atoms with Crippen molar-refractivity contribution >= 4 is 5.82 Å². The van der Waals surface area contributed by atoms with Crippen molar-refractivity contribution in [2.24, 2.45) is 0 Å². The van der Waals surface area contributed by atoms with E-state index >= 15 is 0 Å². The first-order valence-corrected chi connectivity index (χ1v) is 5.75. The number of anilines is 1. The summed E-state index contributed by atoms with van der Waals surface area (Å²) in [5.41, 5.74) is 8.00. The maximum absolute atomic E-state index is 5.68. The lowest BCUT2D eigenvalue weighted by Gasteiger charge is -2.16. The van der Waals surface area contributed by atoms with Gasteiger partial charge in [0.15, 0.2) is 0 Å². The summed E-state index contributed by atoms with van der Waals surface area (Å²) in [7, 11) is 0. The molecule has 0 aliphatic heterocycles. The van der Waals surface area contributed by atoms with Crippen LogP contribution in [0.1, 0.15) is 24.1 Å². The van der Waals surface area contributed by atoms with Crippen LogP contribution in [0.4, 0.5) is 5.82 Å². The average Bonchev–Trinajstić information content (AvgIpc) is 2.82. The lowest BCUT2D eigenvalue weighted by atomic mass is 10.0. The fourth-order valence-corrected chi connectivity index (χ4v) is 1.88. The molecule has 4 nitrogen and oxygen atoms in total. The van der Waals surface area contributed by atoms with Crippen molar-refractivity contribution in [2.45, 2.75) is 19.4 Å². The van der Waals surface area contributed by atoms with Gasteiger partial charge >= 0.3 is 0 Å². The number of rotatable bonds is 5. The van der Waals surface area contributed by atoms with Gasteiger partial charge in [-0.25, -0.2) is 4.98 Å². The molecule has 0 saturated heterocycles. The second kappa shape index (κ2) is 5.50. The molecular formula is C13H17N3O. The fraction of sp³-hybridized carbons (Fsp3) is 0.308. The van der Waals surface area contributed by atoms with Gasteiger partial charge < -0.3 is 15.5 Å². The van der Waals surface area contributed by atoms with E-state index in [4.69, 9.17) is 10.2 Å². The Morgan fingerprint density at radius 2 is 2.35 bits per heavy atom. The predicted molar refractivity (Wildman–Crippen MR) is 67.5 cm³/mol. The van der Waals surface area contributed by atoms with Crippen molar-refractivity contribution in [3.63, 3.8) is 0 Å². The van der Waals surface area contributed by atoms with Crippen LogP contribution in [0.5, 0.6) is 0 Å². The second-order valence-corrected chi connectivity index (χ2v) is 3.96. The topological polar surface area (TPSA) is 64.1 Å². The third-order valence-electron chi connectivity index (χ3n) is 2.68. The molecule has 3 N–H and O–H groups in total. The van der Waals surface area contributed by atoms with Gasteiger partial charge in [-0.1, -0.05) is 6.92 Å². The predicted octanol–water partition coefficient (Wildman–Crippen LogP) is 2.15. The highest BCUT2D eigenvalue weighted by Gasteiger charge is 2.12. The van der Waals surface area contributed by atoms with Crippen molar-refractivity contribution in [2.75, 3.05) is 12.3 Å². The van der Waals surface area contributed by atoms with Gasteiger partial charge in [0.05, 0.1) is 12.5 Å². The Bertz CT molecular complexity index is 453. The molecule has 0 saturated carbocycles. The van der Waals surface area contributed by atoms with Crippen LogP contribution < -0.4 is 11.1 Å². The number of likely N-dealkylation sites (N-methyl/N-ethyl adjacent to an activating group) is 1. The molecule has 90 valence electrons. The number of nitrogens with one attached hydrogen (secondary N) is 1. The Balaban J connectivity index is 2.13. The molecule has 0 bridgehead atoms. The summed E-state index contributed by atoms with van der Waals surface area (Å²) < 4.78 is 5.13. The Labute approximate surface area is 101 Å². The summed E-state index contributed by atoms with van der Waals surface area (Å²) in [6.07, 6.45) is 6.08. The first kappa shape index (κ1) is 11.7. The molecule has 2 aromatic rings. The van der Waals surface area contributed by atoms with E-state index in [1.54, 1.807) is 18.7 Å². The van der Waals surface area contributed by atoms with E-state index in [-0.39, 0.29) is 6.04 Å². The van der Waals surface area contributed by atoms with E-state index in [9.17, 15) is 0 Å². The fourth-order valence-electron chi connectivity index (χ4n) is 1.88. The van der Waals surface area contributed by atoms with Crippen LogP contribution in [-0.2, 0) is 6.42 Å². The molecular weight excluding hydrogens is 214 g/mol. The molecule has 17 heavy (non-hydrogen) atoms. The summed E-state index contributed by atoms with van der Waals surface area (Å²) in [6.45, 7) is 3.00. The van der Waals surface area contributed by atoms with Gasteiger partial charge in [0.2, 0.25) is 0 Å². The summed E-state index contributed by atoms with van der Waals surface area (Å²) in [5.74, 6) is 0.560. The number of aromatic nitrogens is 1. The number of pyridine rings is 1. The highest BCUT2D eigenvalue weighted by atomic mass is 16.3. The number of nitrogens with two attached hydrogens (primary N) is 1. The molecule has 0 amide bonds. The molecule has 1 unspecified atom stereocenters. The van der Waals surface area contributed by atoms with Crippen molar-refractivity contribution in [3.8, 4) is 0 Å². The normalized spacial score (nSPS) is 12.5. The Hall–Kier alpha value is -1.81. The van der Waals surface area contributed by atoms with Gasteiger partial charge in [0.25, 0.3) is 0 Å². The van der Waals surface area contributed by atoms with Gasteiger partial charge in [0, 0.05) is 17.8 Å². The smallest absolute Gasteiger partial charge is 0.123 e. The van der Waals surface area contributed by atoms with Gasteiger partial charge in [-0.15, -0.1) is 0 Å². The molecule has 4 heteroatoms. The van der Waals surface area contributed by atoms with Crippen LogP contribution in [0.15, 0.2) is 41.3 Å². The molecule has 0 radical (unpaired) electrons. The van der Waals surface area contributed by atoms with Crippen LogP contribution in [0.25, 0.3) is 0 Å². The minimum absolute atomic E-state index is 0.251. The maximum atomic E-state index is 5.68. The van der Waals surface area contributed by atoms with E-state index in [1.165, 1.54) is 5.56 Å². The third kappa shape index (κ3) is 3.07. The van der Waals surface area contributed by atoms with E-state index in [0.717, 1.165) is 18.5 Å². The van der Waals surface area contributed by atoms with Crippen LogP contribution in [0, 0.1) is 0 Å². The molecule has 0 aliphatic rings. The lowest BCUT2D eigenvalue weighted by Crippen LogP contribution is -2.22. The Kier molecular flexibility index (Phi) is 3.77. The van der Waals surface area contributed by atoms with Gasteiger partial charge in [-0.05, 0) is 36.7 Å². The van der Waals surface area contributed by atoms with E-state index in [1.807, 2.05) is 18.2 Å². The summed E-state index contributed by atoms with van der Waals surface area (Å²) >= 11 is 0. The Morgan fingerprint density at radius 1 is 1.47 bits per heavy atom. The van der Waals surface area contributed by atoms with Gasteiger partial charge in [-0.3, -0.25) is 0 Å². The average molecular weight is 231 g/mol. The van der Waals surface area contributed by atoms with Crippen molar-refractivity contribution < 1.29 is 4.42 Å². The molecule has 2 heterocycles. The minimum Gasteiger partial charge on any atom is -0.472 e. The molecule has 0 aromatic carbocycles. The second-order valence-electron chi connectivity index (χ2n) is 3.96. The lowest BCUT2D eigenvalue weighted by molar-refractivity contribution is 0.525. The van der Waals surface area contributed by atoms with Crippen LogP contribution in [0.2, 0.25) is 0 Å². The Morgan fingerprint density at radius 3 is 3.00 bits per heavy atom. The molecule has 0 spiro atoms. The molecule has 0 aliphatic carbocycles. The van der Waals surface area contributed by atoms with Gasteiger partial charge in [0.1, 0.15) is 5.82 Å². The SMILES string of the molecule is CCNC(Cc1ccnc(N)c1)c1ccoc1. The minimum atomic E-state index is 0.251. The van der Waals surface area contributed by atoms with Crippen LogP contribution in [0.3, 0.4) is 0 Å². The van der Waals surface area contributed by atoms with E-state index in [0.29, 0.717) is 5.82 Å². The first-order valence-electron chi connectivity index (χ1n) is 5.75. The standard InChI is InChI=1S/C13H17N3O/c1-2-15-12(11-4-6-17-9-11)7-10-3-5-16-13(14)8-10/h3-6,8-9,12,15H,2,7H2,1H3,(H2,14,16). The molecule has 1 atom stereocenters. The summed E-state index contributed by atoms with van der Waals surface area (Å²) in [4.78, 5) is 3.99. The quantitative estimate of drug-likeness (QED) is 0.827. The van der Waals surface area contributed by atoms with Crippen LogP contribution >= 0.6 is 0 Å². The number of hydrogen-bond donors (Lipinski definition) is 2. The zero-order valence-electron chi connectivity index (χ0n) is 9.89. The zero-order chi connectivity index (χ0) is 12.1. The number of furan rings is 1. The highest BCUT2D eigenvalue weighted by molar-refractivity contribution is 5.33. The third-order valence-corrected chi connectivity index (χ3v) is 2.68. The zero-order valence-corrected chi connectivity index (χ0v) is 9.89. The van der Waals surface area contributed by atoms with Crippen molar-refractivity contribution in [3.05, 3.63) is 48.0 Å². The number of nitrogens with zero attached hydrogens (tertiary/aromatic N) is 1. The molecule has 0 fully saturated rings. The van der Waals surface area contributed by atoms with Crippen molar-refractivity contribution in [1.29, 1.82) is 0 Å².